The smallest absolute Gasteiger partial charge is 0.125 e. The van der Waals surface area contributed by atoms with E-state index in [0.29, 0.717) is 0 Å². The summed E-state index contributed by atoms with van der Waals surface area (Å²) < 4.78 is 0. The van der Waals surface area contributed by atoms with Gasteiger partial charge in [0.15, 0.2) is 0 Å². The molecule has 0 aromatic heterocycles. The summed E-state index contributed by atoms with van der Waals surface area (Å²) >= 11 is 17.7. The lowest BCUT2D eigenvalue weighted by atomic mass is 10.1. The molecule has 0 bridgehead atoms. The van der Waals surface area contributed by atoms with Gasteiger partial charge in [-0.05, 0) is 12.8 Å². The van der Waals surface area contributed by atoms with Crippen molar-refractivity contribution in [2.24, 2.45) is 0 Å². The molecule has 0 aromatic rings. The second-order valence-electron chi connectivity index (χ2n) is 2.77. The van der Waals surface area contributed by atoms with Gasteiger partial charge < -0.3 is 0 Å². The molecule has 10 heavy (non-hydrogen) atoms. The minimum absolute atomic E-state index is 0.0440. The molecule has 0 rings (SSSR count). The van der Waals surface area contributed by atoms with Crippen LogP contribution in [0, 0.1) is 0 Å². The molecule has 0 saturated carbocycles. The number of hydrogen-bond acceptors (Lipinski definition) is 0. The van der Waals surface area contributed by atoms with E-state index >= 15 is 0 Å². The fourth-order valence-electron chi connectivity index (χ4n) is 0.651. The molecule has 0 fully saturated rings. The zero-order chi connectivity index (χ0) is 8.41. The number of rotatable bonds is 3. The molecular formula is C6H13Cl3Si. The molecule has 0 unspecified atom stereocenters. The Kier molecular flexibility index (Phi) is 4.06. The van der Waals surface area contributed by atoms with Crippen LogP contribution in [-0.2, 0) is 0 Å². The number of halogens is 3. The molecule has 62 valence electrons. The van der Waals surface area contributed by atoms with Gasteiger partial charge in [-0.1, -0.05) is 20.8 Å². The number of hydrogen-bond donors (Lipinski definition) is 0. The van der Waals surface area contributed by atoms with Crippen LogP contribution in [0.2, 0.25) is 5.04 Å². The predicted octanol–water partition coefficient (Wildman–Crippen LogP) is 4.22. The van der Waals surface area contributed by atoms with E-state index in [0.717, 1.165) is 12.8 Å². The molecule has 0 aliphatic rings. The Morgan fingerprint density at radius 3 is 1.40 bits per heavy atom. The fourth-order valence-corrected chi connectivity index (χ4v) is 3.86. The lowest BCUT2D eigenvalue weighted by Gasteiger charge is -2.31. The highest BCUT2D eigenvalue weighted by Crippen LogP contribution is 2.50. The molecule has 0 spiro atoms. The molecule has 0 N–H and O–H groups in total. The summed E-state index contributed by atoms with van der Waals surface area (Å²) in [6, 6.07) is -2.49. The fraction of sp³-hybridized carbons (Fsp3) is 1.00. The average Bonchev–Trinajstić information content (AvgIpc) is 1.84. The second-order valence-corrected chi connectivity index (χ2v) is 11.8. The van der Waals surface area contributed by atoms with E-state index in [1.54, 1.807) is 0 Å². The van der Waals surface area contributed by atoms with Gasteiger partial charge in [0.1, 0.15) is 0 Å². The molecule has 0 nitrogen and oxygen atoms in total. The van der Waals surface area contributed by atoms with Gasteiger partial charge in [-0.3, -0.25) is 0 Å². The third-order valence-corrected chi connectivity index (χ3v) is 8.43. The van der Waals surface area contributed by atoms with Gasteiger partial charge >= 0.3 is 6.00 Å². The van der Waals surface area contributed by atoms with Crippen molar-refractivity contribution in [1.29, 1.82) is 0 Å². The van der Waals surface area contributed by atoms with Crippen molar-refractivity contribution in [3.8, 4) is 0 Å². The third kappa shape index (κ3) is 2.30. The van der Waals surface area contributed by atoms with Crippen LogP contribution < -0.4 is 0 Å². The molecule has 4 heteroatoms. The van der Waals surface area contributed by atoms with Gasteiger partial charge in [-0.25, -0.2) is 0 Å². The Labute approximate surface area is 78.0 Å². The normalized spacial score (nSPS) is 13.8. The minimum Gasteiger partial charge on any atom is -0.125 e. The summed E-state index contributed by atoms with van der Waals surface area (Å²) in [6.07, 6.45) is 1.90. The van der Waals surface area contributed by atoms with Gasteiger partial charge in [0.2, 0.25) is 0 Å². The van der Waals surface area contributed by atoms with Crippen LogP contribution in [0.1, 0.15) is 33.6 Å². The first-order chi connectivity index (χ1) is 4.37. The largest absolute Gasteiger partial charge is 0.346 e. The predicted molar refractivity (Wildman–Crippen MR) is 52.3 cm³/mol. The summed E-state index contributed by atoms with van der Waals surface area (Å²) in [5, 5.41) is -0.0440. The zero-order valence-corrected chi connectivity index (χ0v) is 9.82. The summed E-state index contributed by atoms with van der Waals surface area (Å²) in [5.41, 5.74) is 0. The van der Waals surface area contributed by atoms with Crippen molar-refractivity contribution in [2.45, 2.75) is 38.7 Å². The van der Waals surface area contributed by atoms with E-state index in [9.17, 15) is 0 Å². The van der Waals surface area contributed by atoms with Crippen LogP contribution in [-0.4, -0.2) is 6.00 Å². The summed E-state index contributed by atoms with van der Waals surface area (Å²) in [6.45, 7) is 6.18. The molecular weight excluding hydrogens is 207 g/mol. The third-order valence-electron chi connectivity index (χ3n) is 2.25. The Hall–Kier alpha value is 1.09. The van der Waals surface area contributed by atoms with Gasteiger partial charge in [0.05, 0.1) is 0 Å². The molecule has 0 radical (unpaired) electrons. The maximum atomic E-state index is 5.91. The summed E-state index contributed by atoms with van der Waals surface area (Å²) in [5.74, 6) is 0. The van der Waals surface area contributed by atoms with Crippen molar-refractivity contribution < 1.29 is 0 Å². The van der Waals surface area contributed by atoms with E-state index < -0.39 is 6.00 Å². The summed E-state index contributed by atoms with van der Waals surface area (Å²) in [4.78, 5) is 0. The highest BCUT2D eigenvalue weighted by molar-refractivity contribution is 7.65. The van der Waals surface area contributed by atoms with E-state index in [4.69, 9.17) is 33.2 Å². The molecule has 0 amide bonds. The molecule has 0 aliphatic carbocycles. The van der Waals surface area contributed by atoms with E-state index in [-0.39, 0.29) is 5.04 Å². The molecule has 0 atom stereocenters. The van der Waals surface area contributed by atoms with Crippen LogP contribution in [0.15, 0.2) is 0 Å². The molecule has 0 aliphatic heterocycles. The van der Waals surface area contributed by atoms with Crippen molar-refractivity contribution in [1.82, 2.24) is 0 Å². The van der Waals surface area contributed by atoms with Gasteiger partial charge in [-0.15, -0.1) is 33.2 Å². The van der Waals surface area contributed by atoms with Crippen molar-refractivity contribution in [2.75, 3.05) is 0 Å². The van der Waals surface area contributed by atoms with E-state index in [1.807, 2.05) is 6.92 Å². The Morgan fingerprint density at radius 2 is 1.40 bits per heavy atom. The van der Waals surface area contributed by atoms with Crippen molar-refractivity contribution >= 4 is 39.2 Å². The van der Waals surface area contributed by atoms with Crippen LogP contribution in [0.5, 0.6) is 0 Å². The standard InChI is InChI=1S/C6H13Cl3Si/c1-4-6(3,5-2)10(7,8)9/h4-5H2,1-3H3. The van der Waals surface area contributed by atoms with Crippen molar-refractivity contribution in [3.63, 3.8) is 0 Å². The Balaban J connectivity index is 4.33. The van der Waals surface area contributed by atoms with Crippen LogP contribution >= 0.6 is 33.2 Å². The topological polar surface area (TPSA) is 0 Å². The van der Waals surface area contributed by atoms with Crippen molar-refractivity contribution in [3.05, 3.63) is 0 Å². The first kappa shape index (κ1) is 11.1. The maximum absolute atomic E-state index is 5.91. The summed E-state index contributed by atoms with van der Waals surface area (Å²) in [7, 11) is 0. The minimum atomic E-state index is -2.49. The lowest BCUT2D eigenvalue weighted by Crippen LogP contribution is -2.29. The van der Waals surface area contributed by atoms with Crippen LogP contribution in [0.4, 0.5) is 0 Å². The lowest BCUT2D eigenvalue weighted by molar-refractivity contribution is 0.562. The van der Waals surface area contributed by atoms with Crippen LogP contribution in [0.25, 0.3) is 0 Å². The first-order valence-electron chi connectivity index (χ1n) is 3.44. The average molecular weight is 220 g/mol. The van der Waals surface area contributed by atoms with Gasteiger partial charge in [0, 0.05) is 5.04 Å². The molecule has 0 aromatic carbocycles. The molecule has 0 saturated heterocycles. The Morgan fingerprint density at radius 1 is 1.10 bits per heavy atom. The first-order valence-corrected chi connectivity index (χ1v) is 8.47. The zero-order valence-electron chi connectivity index (χ0n) is 6.55. The van der Waals surface area contributed by atoms with E-state index in [2.05, 4.69) is 13.8 Å². The van der Waals surface area contributed by atoms with Crippen LogP contribution in [0.3, 0.4) is 0 Å². The molecule has 0 heterocycles. The monoisotopic (exact) mass is 218 g/mol. The Bertz CT molecular complexity index is 104. The van der Waals surface area contributed by atoms with E-state index in [1.165, 1.54) is 0 Å². The maximum Gasteiger partial charge on any atom is 0.346 e. The SMILES string of the molecule is CCC(C)(CC)[Si](Cl)(Cl)Cl. The highest BCUT2D eigenvalue weighted by atomic mass is 35.8. The highest BCUT2D eigenvalue weighted by Gasteiger charge is 2.44. The second kappa shape index (κ2) is 3.66. The quantitative estimate of drug-likeness (QED) is 0.492. The van der Waals surface area contributed by atoms with Gasteiger partial charge in [0.25, 0.3) is 0 Å². The van der Waals surface area contributed by atoms with Gasteiger partial charge in [-0.2, -0.15) is 0 Å².